The minimum Gasteiger partial charge on any atom is -0.466 e. The van der Waals surface area contributed by atoms with Gasteiger partial charge in [0.05, 0.1) is 13.0 Å². The zero-order valence-electron chi connectivity index (χ0n) is 23.8. The van der Waals surface area contributed by atoms with Gasteiger partial charge < -0.3 is 25.0 Å². The van der Waals surface area contributed by atoms with Gasteiger partial charge in [0.2, 0.25) is 11.8 Å². The third-order valence-corrected chi connectivity index (χ3v) is 5.79. The highest BCUT2D eigenvalue weighted by atomic mass is 16.6. The van der Waals surface area contributed by atoms with Gasteiger partial charge in [-0.2, -0.15) is 0 Å². The van der Waals surface area contributed by atoms with E-state index in [1.165, 1.54) is 4.90 Å². The molecule has 1 aromatic carbocycles. The molecule has 3 amide bonds. The number of esters is 1. The van der Waals surface area contributed by atoms with Gasteiger partial charge in [0.25, 0.3) is 0 Å². The first-order valence-corrected chi connectivity index (χ1v) is 13.2. The second-order valence-corrected chi connectivity index (χ2v) is 10.1. The van der Waals surface area contributed by atoms with Crippen LogP contribution in [0.3, 0.4) is 0 Å². The molecule has 0 bridgehead atoms. The molecule has 9 heteroatoms. The van der Waals surface area contributed by atoms with Gasteiger partial charge in [0.1, 0.15) is 17.7 Å². The van der Waals surface area contributed by atoms with Crippen molar-refractivity contribution in [1.82, 2.24) is 15.5 Å². The van der Waals surface area contributed by atoms with Crippen molar-refractivity contribution in [2.45, 2.75) is 85.4 Å². The largest absolute Gasteiger partial charge is 0.466 e. The molecule has 2 N–H and O–H groups in total. The van der Waals surface area contributed by atoms with Gasteiger partial charge in [-0.1, -0.05) is 45.2 Å². The van der Waals surface area contributed by atoms with E-state index in [0.29, 0.717) is 24.0 Å². The van der Waals surface area contributed by atoms with Crippen LogP contribution >= 0.6 is 0 Å². The zero-order valence-corrected chi connectivity index (χ0v) is 23.8. The summed E-state index contributed by atoms with van der Waals surface area (Å²) < 4.78 is 10.3. The van der Waals surface area contributed by atoms with Gasteiger partial charge in [-0.15, -0.1) is 6.42 Å². The van der Waals surface area contributed by atoms with Crippen LogP contribution in [0, 0.1) is 18.3 Å². The first-order chi connectivity index (χ1) is 17.9. The summed E-state index contributed by atoms with van der Waals surface area (Å²) in [7, 11) is 0. The molecule has 210 valence electrons. The molecular formula is C29H43N3O6. The molecule has 38 heavy (non-hydrogen) atoms. The maximum atomic E-state index is 14.0. The molecule has 0 heterocycles. The third-order valence-electron chi connectivity index (χ3n) is 5.79. The number of amides is 3. The van der Waals surface area contributed by atoms with E-state index in [1.54, 1.807) is 52.0 Å². The van der Waals surface area contributed by atoms with Crippen LogP contribution in [-0.4, -0.2) is 60.1 Å². The van der Waals surface area contributed by atoms with E-state index in [-0.39, 0.29) is 32.0 Å². The van der Waals surface area contributed by atoms with Gasteiger partial charge in [-0.25, -0.2) is 4.79 Å². The molecule has 0 saturated carbocycles. The predicted molar refractivity (Wildman–Crippen MR) is 146 cm³/mol. The van der Waals surface area contributed by atoms with Gasteiger partial charge in [-0.3, -0.25) is 14.4 Å². The van der Waals surface area contributed by atoms with E-state index < -0.39 is 41.6 Å². The summed E-state index contributed by atoms with van der Waals surface area (Å²) in [5, 5.41) is 5.49. The molecule has 3 atom stereocenters. The van der Waals surface area contributed by atoms with Crippen LogP contribution in [0.25, 0.3) is 0 Å². The Morgan fingerprint density at radius 3 is 2.21 bits per heavy atom. The third kappa shape index (κ3) is 10.4. The van der Waals surface area contributed by atoms with Crippen LogP contribution in [0.2, 0.25) is 0 Å². The predicted octanol–water partition coefficient (Wildman–Crippen LogP) is 3.96. The maximum Gasteiger partial charge on any atom is 0.408 e. The van der Waals surface area contributed by atoms with Crippen molar-refractivity contribution >= 4 is 23.9 Å². The van der Waals surface area contributed by atoms with Gasteiger partial charge in [0, 0.05) is 18.7 Å². The quantitative estimate of drug-likeness (QED) is 0.295. The fourth-order valence-corrected chi connectivity index (χ4v) is 3.76. The van der Waals surface area contributed by atoms with Crippen LogP contribution in [0.5, 0.6) is 0 Å². The number of carbonyl (C=O) groups is 4. The smallest absolute Gasteiger partial charge is 0.408 e. The summed E-state index contributed by atoms with van der Waals surface area (Å²) >= 11 is 0. The van der Waals surface area contributed by atoms with Gasteiger partial charge in [-0.05, 0) is 57.7 Å². The van der Waals surface area contributed by atoms with E-state index in [0.717, 1.165) is 0 Å². The first kappa shape index (κ1) is 32.5. The highest BCUT2D eigenvalue weighted by Crippen LogP contribution is 2.25. The second-order valence-electron chi connectivity index (χ2n) is 10.1. The lowest BCUT2D eigenvalue weighted by atomic mass is 9.95. The summed E-state index contributed by atoms with van der Waals surface area (Å²) in [5.74, 6) is 1.03. The number of hydrogen-bond donors (Lipinski definition) is 2. The lowest BCUT2D eigenvalue weighted by Gasteiger charge is -2.36. The number of terminal acetylenes is 1. The number of nitrogens with zero attached hydrogens (tertiary/aromatic N) is 1. The van der Waals surface area contributed by atoms with E-state index in [1.807, 2.05) is 20.8 Å². The van der Waals surface area contributed by atoms with E-state index in [2.05, 4.69) is 16.6 Å². The molecule has 0 radical (unpaired) electrons. The summed E-state index contributed by atoms with van der Waals surface area (Å²) in [5.41, 5.74) is 0.448. The van der Waals surface area contributed by atoms with Crippen molar-refractivity contribution in [3.8, 4) is 12.3 Å². The lowest BCUT2D eigenvalue weighted by molar-refractivity contribution is -0.145. The fourth-order valence-electron chi connectivity index (χ4n) is 3.76. The minimum absolute atomic E-state index is 0.000249. The topological polar surface area (TPSA) is 114 Å². The van der Waals surface area contributed by atoms with E-state index in [9.17, 15) is 19.2 Å². The van der Waals surface area contributed by atoms with Crippen LogP contribution < -0.4 is 10.6 Å². The lowest BCUT2D eigenvalue weighted by Crippen LogP contribution is -2.55. The Morgan fingerprint density at radius 2 is 1.71 bits per heavy atom. The van der Waals surface area contributed by atoms with E-state index in [4.69, 9.17) is 15.9 Å². The van der Waals surface area contributed by atoms with Crippen molar-refractivity contribution in [3.63, 3.8) is 0 Å². The number of benzene rings is 1. The molecule has 0 spiro atoms. The number of ether oxygens (including phenoxy) is 2. The summed E-state index contributed by atoms with van der Waals surface area (Å²) in [6.07, 6.45) is 5.97. The van der Waals surface area contributed by atoms with Crippen molar-refractivity contribution in [2.24, 2.45) is 5.92 Å². The fraction of sp³-hybridized carbons (Fsp3) is 0.586. The Kier molecular flexibility index (Phi) is 13.4. The van der Waals surface area contributed by atoms with Crippen molar-refractivity contribution in [3.05, 3.63) is 35.4 Å². The van der Waals surface area contributed by atoms with Gasteiger partial charge >= 0.3 is 12.1 Å². The normalized spacial score (nSPS) is 13.3. The van der Waals surface area contributed by atoms with Crippen molar-refractivity contribution < 1.29 is 28.7 Å². The Morgan fingerprint density at radius 1 is 1.08 bits per heavy atom. The Balaban J connectivity index is 3.40. The SMILES string of the molecule is C#Cc1ccc(C(C(=O)NCCC(=O)OCC)N(CCC)C(=O)C(NC(=O)OC(C)(C)C)C(C)CC)cc1. The monoisotopic (exact) mass is 529 g/mol. The molecule has 0 aliphatic rings. The molecule has 9 nitrogen and oxygen atoms in total. The zero-order chi connectivity index (χ0) is 28.9. The number of hydrogen-bond acceptors (Lipinski definition) is 6. The highest BCUT2D eigenvalue weighted by molar-refractivity contribution is 5.92. The molecule has 1 rings (SSSR count). The second kappa shape index (κ2) is 15.7. The van der Waals surface area contributed by atoms with Crippen molar-refractivity contribution in [2.75, 3.05) is 19.7 Å². The molecular weight excluding hydrogens is 486 g/mol. The number of alkyl carbamates (subject to hydrolysis) is 1. The highest BCUT2D eigenvalue weighted by Gasteiger charge is 2.37. The molecule has 0 fully saturated rings. The number of rotatable bonds is 13. The molecule has 0 aliphatic carbocycles. The summed E-state index contributed by atoms with van der Waals surface area (Å²) in [6.45, 7) is 13.2. The number of carbonyl (C=O) groups excluding carboxylic acids is 4. The van der Waals surface area contributed by atoms with E-state index >= 15 is 0 Å². The maximum absolute atomic E-state index is 14.0. The van der Waals surface area contributed by atoms with Crippen LogP contribution in [-0.2, 0) is 23.9 Å². The Labute approximate surface area is 227 Å². The molecule has 0 aliphatic heterocycles. The van der Waals surface area contributed by atoms with Crippen molar-refractivity contribution in [1.29, 1.82) is 0 Å². The standard InChI is InChI=1S/C29H43N3O6/c1-9-19-32(27(35)24(20(5)10-2)31-28(36)38-29(6,7)8)25(22-15-13-21(11-3)14-16-22)26(34)30-18-17-23(33)37-12-4/h3,13-16,20,24-25H,9-10,12,17-19H2,1-2,4-8H3,(H,30,34)(H,31,36). The summed E-state index contributed by atoms with van der Waals surface area (Å²) in [6, 6.07) is 4.90. The first-order valence-electron chi connectivity index (χ1n) is 13.2. The molecule has 0 aromatic heterocycles. The average Bonchev–Trinajstić information content (AvgIpc) is 2.85. The Bertz CT molecular complexity index is 978. The summed E-state index contributed by atoms with van der Waals surface area (Å²) in [4.78, 5) is 53.4. The van der Waals surface area contributed by atoms with Gasteiger partial charge in [0.15, 0.2) is 0 Å². The van der Waals surface area contributed by atoms with Crippen LogP contribution in [0.15, 0.2) is 24.3 Å². The minimum atomic E-state index is -1.01. The average molecular weight is 530 g/mol. The molecule has 1 aromatic rings. The Hall–Kier alpha value is -3.54. The van der Waals surface area contributed by atoms with Crippen LogP contribution in [0.1, 0.15) is 84.9 Å². The number of nitrogens with one attached hydrogen (secondary N) is 2. The molecule has 0 saturated heterocycles. The molecule has 3 unspecified atom stereocenters. The van der Waals surface area contributed by atoms with Crippen LogP contribution in [0.4, 0.5) is 4.79 Å².